The first kappa shape index (κ1) is 15.1. The van der Waals surface area contributed by atoms with E-state index in [9.17, 15) is 9.59 Å². The molecule has 0 aliphatic carbocycles. The van der Waals surface area contributed by atoms with Crippen LogP contribution in [0.4, 0.5) is 5.69 Å². The number of hydrogen-bond donors (Lipinski definition) is 1. The van der Waals surface area contributed by atoms with Crippen LogP contribution in [0.25, 0.3) is 0 Å². The number of fused-ring (bicyclic) bond motifs is 7. The van der Waals surface area contributed by atoms with Crippen LogP contribution in [0.2, 0.25) is 0 Å². The lowest BCUT2D eigenvalue weighted by atomic mass is 9.72. The average Bonchev–Trinajstić information content (AvgIpc) is 3.05. The number of carbonyl (C=O) groups excluding carboxylic acids is 2. The average molecular weight is 338 g/mol. The molecule has 0 radical (unpaired) electrons. The fourth-order valence-corrected chi connectivity index (χ4v) is 5.73. The Morgan fingerprint density at radius 3 is 2.96 bits per heavy atom. The summed E-state index contributed by atoms with van der Waals surface area (Å²) in [6.45, 7) is 2.50. The summed E-state index contributed by atoms with van der Waals surface area (Å²) in [6.07, 6.45) is 2.55. The zero-order chi connectivity index (χ0) is 17.3. The van der Waals surface area contributed by atoms with Crippen LogP contribution in [0, 0.1) is 11.8 Å². The molecule has 5 rings (SSSR count). The number of carbonyl (C=O) groups is 2. The van der Waals surface area contributed by atoms with E-state index in [-0.39, 0.29) is 29.8 Å². The van der Waals surface area contributed by atoms with E-state index in [4.69, 9.17) is 4.74 Å². The van der Waals surface area contributed by atoms with Crippen molar-refractivity contribution in [1.29, 1.82) is 0 Å². The molecule has 1 amide bonds. The number of hydrogen-bond acceptors (Lipinski definition) is 4. The van der Waals surface area contributed by atoms with Gasteiger partial charge in [0.25, 0.3) is 0 Å². The monoisotopic (exact) mass is 338 g/mol. The van der Waals surface area contributed by atoms with Gasteiger partial charge in [0.05, 0.1) is 17.8 Å². The van der Waals surface area contributed by atoms with Crippen LogP contribution in [0.1, 0.15) is 25.3 Å². The maximum absolute atomic E-state index is 13.3. The van der Waals surface area contributed by atoms with Crippen molar-refractivity contribution in [3.05, 3.63) is 41.2 Å². The standard InChI is InChI=1S/C20H22N2O3/c1-11-13(9-23)12-7-18-20(8-16(21-18)14(12)10-25-11)15-5-3-4-6-17(15)22(2)19(20)24/h3-6,9,12,14,16,18,21H,7-8,10H2,1-2H3/t12-,14+,16-,18-,20+/m1/s1. The third kappa shape index (κ3) is 1.72. The van der Waals surface area contributed by atoms with Crippen molar-refractivity contribution in [3.8, 4) is 0 Å². The minimum absolute atomic E-state index is 0.0678. The molecule has 5 atom stereocenters. The number of amides is 1. The summed E-state index contributed by atoms with van der Waals surface area (Å²) in [4.78, 5) is 26.8. The lowest BCUT2D eigenvalue weighted by Gasteiger charge is -2.41. The van der Waals surface area contributed by atoms with Gasteiger partial charge in [-0.25, -0.2) is 0 Å². The summed E-state index contributed by atoms with van der Waals surface area (Å²) in [5.41, 5.74) is 2.44. The van der Waals surface area contributed by atoms with Crippen molar-refractivity contribution in [2.75, 3.05) is 18.6 Å². The van der Waals surface area contributed by atoms with E-state index in [1.165, 1.54) is 0 Å². The van der Waals surface area contributed by atoms with Crippen molar-refractivity contribution in [3.63, 3.8) is 0 Å². The number of benzene rings is 1. The summed E-state index contributed by atoms with van der Waals surface area (Å²) in [6, 6.07) is 8.41. The Kier molecular flexibility index (Phi) is 2.99. The number of allylic oxidation sites excluding steroid dienone is 2. The summed E-state index contributed by atoms with van der Waals surface area (Å²) >= 11 is 0. The van der Waals surface area contributed by atoms with Gasteiger partial charge in [0.2, 0.25) is 5.91 Å². The van der Waals surface area contributed by atoms with Gasteiger partial charge in [-0.1, -0.05) is 18.2 Å². The first-order valence-electron chi connectivity index (χ1n) is 9.00. The number of nitrogens with one attached hydrogen (secondary N) is 1. The third-order valence-corrected chi connectivity index (χ3v) is 6.93. The van der Waals surface area contributed by atoms with Crippen LogP contribution >= 0.6 is 0 Å². The van der Waals surface area contributed by atoms with Gasteiger partial charge in [-0.15, -0.1) is 0 Å². The van der Waals surface area contributed by atoms with E-state index in [1.807, 2.05) is 32.2 Å². The Balaban J connectivity index is 1.62. The quantitative estimate of drug-likeness (QED) is 0.793. The van der Waals surface area contributed by atoms with Crippen molar-refractivity contribution in [2.45, 2.75) is 37.3 Å². The molecule has 2 saturated heterocycles. The first-order valence-corrected chi connectivity index (χ1v) is 9.00. The molecule has 4 aliphatic heterocycles. The Labute approximate surface area is 147 Å². The lowest BCUT2D eigenvalue weighted by molar-refractivity contribution is -0.123. The first-order chi connectivity index (χ1) is 12.1. The molecule has 25 heavy (non-hydrogen) atoms. The van der Waals surface area contributed by atoms with Gasteiger partial charge in [-0.2, -0.15) is 0 Å². The van der Waals surface area contributed by atoms with Crippen molar-refractivity contribution >= 4 is 17.9 Å². The fourth-order valence-electron chi connectivity index (χ4n) is 5.73. The molecule has 1 spiro atoms. The Hall–Kier alpha value is -2.14. The molecule has 2 bridgehead atoms. The van der Waals surface area contributed by atoms with Gasteiger partial charge in [-0.05, 0) is 37.3 Å². The number of ether oxygens (including phenoxy) is 1. The number of para-hydroxylation sites is 1. The van der Waals surface area contributed by atoms with Gasteiger partial charge in [0, 0.05) is 36.3 Å². The molecule has 1 N–H and O–H groups in total. The SMILES string of the molecule is CC1=C(C=O)[C@H]2C[C@H]3N[C@H](C[C@@]34C(=O)N(C)c3ccccc34)[C@H]2CO1. The predicted molar refractivity (Wildman–Crippen MR) is 93.2 cm³/mol. The smallest absolute Gasteiger partial charge is 0.239 e. The van der Waals surface area contributed by atoms with Crippen LogP contribution < -0.4 is 10.2 Å². The minimum atomic E-state index is -0.505. The summed E-state index contributed by atoms with van der Waals surface area (Å²) < 4.78 is 5.78. The highest BCUT2D eigenvalue weighted by atomic mass is 16.5. The molecule has 2 fully saturated rings. The Morgan fingerprint density at radius 2 is 2.16 bits per heavy atom. The van der Waals surface area contributed by atoms with E-state index >= 15 is 0 Å². The molecular formula is C20H22N2O3. The Morgan fingerprint density at radius 1 is 1.36 bits per heavy atom. The number of rotatable bonds is 1. The second-order valence-electron chi connectivity index (χ2n) is 7.83. The molecule has 5 nitrogen and oxygen atoms in total. The molecule has 1 aromatic rings. The summed E-state index contributed by atoms with van der Waals surface area (Å²) in [5.74, 6) is 1.38. The molecule has 0 aromatic heterocycles. The molecule has 4 aliphatic rings. The molecule has 5 heteroatoms. The third-order valence-electron chi connectivity index (χ3n) is 6.93. The second kappa shape index (κ2) is 4.94. The van der Waals surface area contributed by atoms with E-state index < -0.39 is 5.41 Å². The second-order valence-corrected chi connectivity index (χ2v) is 7.83. The molecule has 4 heterocycles. The van der Waals surface area contributed by atoms with Gasteiger partial charge >= 0.3 is 0 Å². The summed E-state index contributed by atoms with van der Waals surface area (Å²) in [7, 11) is 1.87. The largest absolute Gasteiger partial charge is 0.497 e. The molecule has 1 aromatic carbocycles. The van der Waals surface area contributed by atoms with Crippen molar-refractivity contribution < 1.29 is 14.3 Å². The van der Waals surface area contributed by atoms with Gasteiger partial charge < -0.3 is 15.0 Å². The van der Waals surface area contributed by atoms with Crippen molar-refractivity contribution in [2.24, 2.45) is 11.8 Å². The van der Waals surface area contributed by atoms with E-state index in [0.29, 0.717) is 6.61 Å². The highest BCUT2D eigenvalue weighted by Gasteiger charge is 2.63. The molecule has 130 valence electrons. The highest BCUT2D eigenvalue weighted by molar-refractivity contribution is 6.08. The number of nitrogens with zero attached hydrogens (tertiary/aromatic N) is 1. The van der Waals surface area contributed by atoms with Gasteiger partial charge in [0.15, 0.2) is 0 Å². The minimum Gasteiger partial charge on any atom is -0.497 e. The maximum Gasteiger partial charge on any atom is 0.239 e. The Bertz CT molecular complexity index is 817. The molecular weight excluding hydrogens is 316 g/mol. The number of aldehydes is 1. The fraction of sp³-hybridized carbons (Fsp3) is 0.500. The zero-order valence-corrected chi connectivity index (χ0v) is 14.5. The molecule has 0 saturated carbocycles. The predicted octanol–water partition coefficient (Wildman–Crippen LogP) is 1.77. The topological polar surface area (TPSA) is 58.6 Å². The van der Waals surface area contributed by atoms with E-state index in [0.717, 1.165) is 41.7 Å². The summed E-state index contributed by atoms with van der Waals surface area (Å²) in [5, 5.41) is 3.71. The van der Waals surface area contributed by atoms with Gasteiger partial charge in [0.1, 0.15) is 6.29 Å². The van der Waals surface area contributed by atoms with Crippen LogP contribution in [-0.2, 0) is 19.7 Å². The van der Waals surface area contributed by atoms with E-state index in [2.05, 4.69) is 11.4 Å². The normalized spacial score (nSPS) is 38.6. The highest BCUT2D eigenvalue weighted by Crippen LogP contribution is 2.55. The number of likely N-dealkylation sites (N-methyl/N-ethyl adjacent to an activating group) is 1. The van der Waals surface area contributed by atoms with Crippen LogP contribution in [0.3, 0.4) is 0 Å². The van der Waals surface area contributed by atoms with Crippen molar-refractivity contribution in [1.82, 2.24) is 5.32 Å². The van der Waals surface area contributed by atoms with Gasteiger partial charge in [-0.3, -0.25) is 9.59 Å². The number of piperidine rings is 1. The van der Waals surface area contributed by atoms with Crippen LogP contribution in [0.15, 0.2) is 35.6 Å². The van der Waals surface area contributed by atoms with E-state index in [1.54, 1.807) is 4.90 Å². The lowest BCUT2D eigenvalue weighted by Crippen LogP contribution is -2.53. The van der Waals surface area contributed by atoms with Crippen LogP contribution in [0.5, 0.6) is 0 Å². The zero-order valence-electron chi connectivity index (χ0n) is 14.5. The van der Waals surface area contributed by atoms with Crippen LogP contribution in [-0.4, -0.2) is 37.9 Å². The molecule has 0 unspecified atom stereocenters. The number of anilines is 1. The maximum atomic E-state index is 13.3.